The largest absolute Gasteiger partial charge is 0.494 e. The van der Waals surface area contributed by atoms with Crippen molar-refractivity contribution in [1.29, 1.82) is 0 Å². The van der Waals surface area contributed by atoms with Crippen molar-refractivity contribution in [2.45, 2.75) is 63.9 Å². The van der Waals surface area contributed by atoms with E-state index in [2.05, 4.69) is 41.4 Å². The van der Waals surface area contributed by atoms with Gasteiger partial charge in [-0.15, -0.1) is 0 Å². The predicted octanol–water partition coefficient (Wildman–Crippen LogP) is 6.64. The summed E-state index contributed by atoms with van der Waals surface area (Å²) in [7, 11) is 2.01. The Bertz CT molecular complexity index is 1260. The van der Waals surface area contributed by atoms with Crippen LogP contribution in [0.4, 0.5) is 0 Å². The minimum absolute atomic E-state index is 0.0305. The van der Waals surface area contributed by atoms with Crippen molar-refractivity contribution in [3.63, 3.8) is 0 Å². The normalized spacial score (nSPS) is 19.5. The highest BCUT2D eigenvalue weighted by molar-refractivity contribution is 5.77. The average molecular weight is 515 g/mol. The third kappa shape index (κ3) is 5.50. The van der Waals surface area contributed by atoms with E-state index in [1.54, 1.807) is 0 Å². The zero-order valence-electron chi connectivity index (χ0n) is 22.5. The summed E-state index contributed by atoms with van der Waals surface area (Å²) in [6.45, 7) is 2.88. The quantitative estimate of drug-likeness (QED) is 0.212. The van der Waals surface area contributed by atoms with Gasteiger partial charge in [-0.2, -0.15) is 0 Å². The molecule has 2 aromatic carbocycles. The Labute approximate surface area is 225 Å². The minimum Gasteiger partial charge on any atom is -0.494 e. The number of rotatable bonds is 11. The molecule has 6 nitrogen and oxygen atoms in total. The maximum Gasteiger partial charge on any atom is 0.312 e. The maximum atomic E-state index is 12.6. The number of aryl methyl sites for hydroxylation is 2. The zero-order chi connectivity index (χ0) is 26.4. The van der Waals surface area contributed by atoms with Gasteiger partial charge in [0.2, 0.25) is 0 Å². The van der Waals surface area contributed by atoms with E-state index in [0.29, 0.717) is 13.2 Å². The number of imidazole rings is 1. The minimum atomic E-state index is -0.647. The maximum absolute atomic E-state index is 12.6. The van der Waals surface area contributed by atoms with Crippen LogP contribution in [0.3, 0.4) is 0 Å². The SMILES string of the molecule is CCOC(=O)C1(CCCOc2ccc3c(c2)C=CC(CCc2ccccc2)(c2nccn2C)O3)CCCC1. The molecular formula is C32H38N2O4. The van der Waals surface area contributed by atoms with Crippen LogP contribution < -0.4 is 9.47 Å². The summed E-state index contributed by atoms with van der Waals surface area (Å²) in [4.78, 5) is 17.2. The molecule has 0 spiro atoms. The second kappa shape index (κ2) is 11.5. The van der Waals surface area contributed by atoms with Gasteiger partial charge in [-0.3, -0.25) is 4.79 Å². The van der Waals surface area contributed by atoms with Gasteiger partial charge in [-0.25, -0.2) is 4.98 Å². The summed E-state index contributed by atoms with van der Waals surface area (Å²) in [6.07, 6.45) is 15.4. The number of ether oxygens (including phenoxy) is 3. The highest BCUT2D eigenvalue weighted by Gasteiger charge is 2.42. The molecule has 1 fully saturated rings. The lowest BCUT2D eigenvalue weighted by molar-refractivity contribution is -0.155. The second-order valence-corrected chi connectivity index (χ2v) is 10.5. The molecule has 0 bridgehead atoms. The van der Waals surface area contributed by atoms with E-state index in [0.717, 1.165) is 74.3 Å². The first-order valence-electron chi connectivity index (χ1n) is 13.9. The number of benzene rings is 2. The van der Waals surface area contributed by atoms with Crippen molar-refractivity contribution in [2.75, 3.05) is 13.2 Å². The number of hydrogen-bond donors (Lipinski definition) is 0. The van der Waals surface area contributed by atoms with E-state index < -0.39 is 5.60 Å². The van der Waals surface area contributed by atoms with Gasteiger partial charge < -0.3 is 18.8 Å². The van der Waals surface area contributed by atoms with Crippen LogP contribution in [0.2, 0.25) is 0 Å². The monoisotopic (exact) mass is 514 g/mol. The van der Waals surface area contributed by atoms with Crippen LogP contribution in [0.1, 0.15) is 68.8 Å². The van der Waals surface area contributed by atoms with Gasteiger partial charge in [-0.1, -0.05) is 49.2 Å². The van der Waals surface area contributed by atoms with Gasteiger partial charge in [0.15, 0.2) is 11.4 Å². The number of hydrogen-bond acceptors (Lipinski definition) is 5. The number of carbonyl (C=O) groups excluding carboxylic acids is 1. The molecule has 1 aromatic heterocycles. The Morgan fingerprint density at radius 3 is 2.66 bits per heavy atom. The van der Waals surface area contributed by atoms with E-state index in [9.17, 15) is 4.79 Å². The molecule has 200 valence electrons. The van der Waals surface area contributed by atoms with E-state index >= 15 is 0 Å². The average Bonchev–Trinajstić information content (AvgIpc) is 3.61. The summed E-state index contributed by atoms with van der Waals surface area (Å²) in [5.74, 6) is 2.49. The van der Waals surface area contributed by atoms with Gasteiger partial charge in [0.25, 0.3) is 0 Å². The highest BCUT2D eigenvalue weighted by atomic mass is 16.5. The van der Waals surface area contributed by atoms with Crippen LogP contribution in [-0.2, 0) is 28.6 Å². The van der Waals surface area contributed by atoms with Crippen LogP contribution >= 0.6 is 0 Å². The fraction of sp³-hybridized carbons (Fsp3) is 0.438. The smallest absolute Gasteiger partial charge is 0.312 e. The van der Waals surface area contributed by atoms with Crippen molar-refractivity contribution in [3.05, 3.63) is 84.0 Å². The topological polar surface area (TPSA) is 62.6 Å². The molecule has 38 heavy (non-hydrogen) atoms. The first kappa shape index (κ1) is 26.1. The van der Waals surface area contributed by atoms with Gasteiger partial charge >= 0.3 is 5.97 Å². The number of nitrogens with zero attached hydrogens (tertiary/aromatic N) is 2. The third-order valence-corrected chi connectivity index (χ3v) is 7.97. The lowest BCUT2D eigenvalue weighted by Crippen LogP contribution is -2.36. The standard InChI is InChI=1S/C32H38N2O4/c1-3-36-30(35)31(16-7-8-17-31)18-9-23-37-27-12-13-28-26(24-27)15-20-32(38-28,29-33-21-22-34(29)2)19-14-25-10-5-4-6-11-25/h4-6,10-13,15,20-22,24H,3,7-9,14,16-19,23H2,1-2H3. The Balaban J connectivity index is 1.25. The molecule has 1 atom stereocenters. The van der Waals surface area contributed by atoms with Crippen LogP contribution in [0.5, 0.6) is 11.5 Å². The van der Waals surface area contributed by atoms with E-state index in [4.69, 9.17) is 14.2 Å². The number of aromatic nitrogens is 2. The lowest BCUT2D eigenvalue weighted by Gasteiger charge is -2.34. The fourth-order valence-electron chi connectivity index (χ4n) is 5.90. The van der Waals surface area contributed by atoms with Gasteiger partial charge in [-0.05, 0) is 68.9 Å². The van der Waals surface area contributed by atoms with Crippen LogP contribution in [0.25, 0.3) is 6.08 Å². The molecule has 1 unspecified atom stereocenters. The van der Waals surface area contributed by atoms with Crippen molar-refractivity contribution in [1.82, 2.24) is 9.55 Å². The molecule has 6 heteroatoms. The summed E-state index contributed by atoms with van der Waals surface area (Å²) in [6, 6.07) is 16.5. The molecule has 0 N–H and O–H groups in total. The number of fused-ring (bicyclic) bond motifs is 1. The lowest BCUT2D eigenvalue weighted by atomic mass is 9.81. The van der Waals surface area contributed by atoms with Crippen LogP contribution in [-0.4, -0.2) is 28.7 Å². The summed E-state index contributed by atoms with van der Waals surface area (Å²) >= 11 is 0. The van der Waals surface area contributed by atoms with E-state index in [1.165, 1.54) is 5.56 Å². The molecule has 1 aliphatic heterocycles. The Kier molecular flexibility index (Phi) is 7.87. The van der Waals surface area contributed by atoms with Crippen molar-refractivity contribution in [2.24, 2.45) is 12.5 Å². The number of esters is 1. The highest BCUT2D eigenvalue weighted by Crippen LogP contribution is 2.44. The van der Waals surface area contributed by atoms with Crippen LogP contribution in [0.15, 0.2) is 67.0 Å². The van der Waals surface area contributed by atoms with Crippen molar-refractivity contribution < 1.29 is 19.0 Å². The van der Waals surface area contributed by atoms with Crippen molar-refractivity contribution >= 4 is 12.0 Å². The van der Waals surface area contributed by atoms with Gasteiger partial charge in [0, 0.05) is 31.4 Å². The molecule has 0 saturated heterocycles. The van der Waals surface area contributed by atoms with Gasteiger partial charge in [0.05, 0.1) is 18.6 Å². The number of carbonyl (C=O) groups is 1. The third-order valence-electron chi connectivity index (χ3n) is 7.97. The first-order chi connectivity index (χ1) is 18.5. The second-order valence-electron chi connectivity index (χ2n) is 10.5. The first-order valence-corrected chi connectivity index (χ1v) is 13.9. The zero-order valence-corrected chi connectivity index (χ0v) is 22.5. The summed E-state index contributed by atoms with van der Waals surface area (Å²) in [5.41, 5.74) is 1.30. The molecule has 1 saturated carbocycles. The molecule has 1 aliphatic carbocycles. The molecule has 5 rings (SSSR count). The molecule has 0 radical (unpaired) electrons. The fourth-order valence-corrected chi connectivity index (χ4v) is 5.90. The summed E-state index contributed by atoms with van der Waals surface area (Å²) < 4.78 is 20.2. The Morgan fingerprint density at radius 1 is 1.11 bits per heavy atom. The van der Waals surface area contributed by atoms with E-state index in [-0.39, 0.29) is 11.4 Å². The molecule has 0 amide bonds. The predicted molar refractivity (Wildman–Crippen MR) is 148 cm³/mol. The Hall–Kier alpha value is -3.54. The summed E-state index contributed by atoms with van der Waals surface area (Å²) in [5, 5.41) is 0. The molecular weight excluding hydrogens is 476 g/mol. The van der Waals surface area contributed by atoms with Crippen LogP contribution in [0, 0.1) is 5.41 Å². The molecule has 3 aromatic rings. The van der Waals surface area contributed by atoms with Crippen molar-refractivity contribution in [3.8, 4) is 11.5 Å². The van der Waals surface area contributed by atoms with Gasteiger partial charge in [0.1, 0.15) is 11.5 Å². The molecule has 2 aliphatic rings. The Morgan fingerprint density at radius 2 is 1.92 bits per heavy atom. The van der Waals surface area contributed by atoms with E-state index in [1.807, 2.05) is 55.2 Å². The molecule has 2 heterocycles.